The number of thiophene rings is 1. The number of hydrogen-bond acceptors (Lipinski definition) is 2. The molecule has 190 valence electrons. The Morgan fingerprint density at radius 3 is 2.05 bits per heavy atom. The Morgan fingerprint density at radius 1 is 0.650 bits per heavy atom. The van der Waals surface area contributed by atoms with Crippen LogP contribution in [-0.2, 0) is 0 Å². The van der Waals surface area contributed by atoms with Crippen LogP contribution in [0.3, 0.4) is 0 Å². The maximum Gasteiger partial charge on any atom is 0.0645 e. The molecule has 0 spiro atoms. The Morgan fingerprint density at radius 2 is 1.32 bits per heavy atom. The molecular weight excluding hydrogens is 572 g/mol. The first-order valence-corrected chi connectivity index (χ1v) is 14.5. The molecule has 0 aliphatic rings. The maximum atomic E-state index is 8.97. The van der Waals surface area contributed by atoms with Crippen molar-refractivity contribution < 1.29 is 6.85 Å². The van der Waals surface area contributed by atoms with Gasteiger partial charge >= 0.3 is 0 Å². The molecule has 0 aliphatic heterocycles. The van der Waals surface area contributed by atoms with Crippen LogP contribution in [0.25, 0.3) is 47.7 Å². The quantitative estimate of drug-likeness (QED) is 0.195. The minimum absolute atomic E-state index is 0.135. The largest absolute Gasteiger partial charge is 0.310 e. The van der Waals surface area contributed by atoms with E-state index in [9.17, 15) is 0 Å². The molecule has 0 saturated heterocycles. The van der Waals surface area contributed by atoms with E-state index in [1.165, 1.54) is 0 Å². The zero-order valence-electron chi connectivity index (χ0n) is 26.1. The summed E-state index contributed by atoms with van der Waals surface area (Å²) in [6.45, 7) is 0. The van der Waals surface area contributed by atoms with E-state index < -0.39 is 6.04 Å². The molecule has 2 heterocycles. The van der Waals surface area contributed by atoms with Crippen molar-refractivity contribution >= 4 is 86.3 Å². The first kappa shape index (κ1) is 18.8. The van der Waals surface area contributed by atoms with Crippen molar-refractivity contribution in [2.45, 2.75) is 0 Å². The van der Waals surface area contributed by atoms with Gasteiger partial charge in [-0.15, -0.1) is 11.3 Å². The lowest BCUT2D eigenvalue weighted by molar-refractivity contribution is 1.19. The van der Waals surface area contributed by atoms with Crippen molar-refractivity contribution in [3.63, 3.8) is 0 Å². The second-order valence-corrected chi connectivity index (χ2v) is 11.5. The van der Waals surface area contributed by atoms with Gasteiger partial charge in [0.25, 0.3) is 0 Å². The minimum Gasteiger partial charge on any atom is -0.310 e. The molecule has 0 bridgehead atoms. The van der Waals surface area contributed by atoms with Gasteiger partial charge in [0.2, 0.25) is 0 Å². The third-order valence-electron chi connectivity index (χ3n) is 7.31. The lowest BCUT2D eigenvalue weighted by atomic mass is 10.1. The summed E-state index contributed by atoms with van der Waals surface area (Å²) in [7, 11) is 0. The molecule has 8 rings (SSSR count). The van der Waals surface area contributed by atoms with Crippen LogP contribution in [0.5, 0.6) is 0 Å². The number of fused-ring (bicyclic) bond motifs is 7. The summed E-state index contributed by atoms with van der Waals surface area (Å²) in [6, 6.07) is 35.2. The van der Waals surface area contributed by atoms with Crippen molar-refractivity contribution in [1.82, 2.24) is 4.57 Å². The highest BCUT2D eigenvalue weighted by atomic mass is 79.9. The van der Waals surface area contributed by atoms with Gasteiger partial charge in [-0.2, -0.15) is 0 Å². The first-order chi connectivity index (χ1) is 21.8. The molecule has 4 heteroatoms. The number of benzene rings is 6. The molecule has 0 saturated carbocycles. The van der Waals surface area contributed by atoms with E-state index in [2.05, 4.69) is 69.4 Å². The lowest BCUT2D eigenvalue weighted by Crippen LogP contribution is -2.09. The number of halogens is 1. The number of para-hydroxylation sites is 3. The number of aromatic nitrogens is 1. The van der Waals surface area contributed by atoms with Crippen molar-refractivity contribution in [1.29, 1.82) is 0 Å². The second kappa shape index (κ2) is 9.37. The Bertz CT molecular complexity index is 2390. The highest BCUT2D eigenvalue weighted by Gasteiger charge is 2.21. The third-order valence-corrected chi connectivity index (χ3v) is 9.40. The predicted molar refractivity (Wildman–Crippen MR) is 176 cm³/mol. The smallest absolute Gasteiger partial charge is 0.0645 e. The third kappa shape index (κ3) is 3.60. The van der Waals surface area contributed by atoms with Crippen LogP contribution < -0.4 is 4.90 Å². The summed E-state index contributed by atoms with van der Waals surface area (Å²) in [5.41, 5.74) is 4.64. The zero-order chi connectivity index (χ0) is 31.0. The van der Waals surface area contributed by atoms with Crippen LogP contribution in [0, 0.1) is 0 Å². The minimum atomic E-state index is -0.410. The molecule has 2 nitrogen and oxygen atoms in total. The SMILES string of the molecule is [2H]c1c([2H])c([2H])c(-n2c3ccc(N(c4ccccc4)c4ccccc4)cc3c3cc(Br)c4sc5ccccc5c4c32)c([2H])c1[2H]. The van der Waals surface area contributed by atoms with Crippen LogP contribution in [0.4, 0.5) is 17.1 Å². The summed E-state index contributed by atoms with van der Waals surface area (Å²) in [6.07, 6.45) is 0. The molecule has 0 amide bonds. The highest BCUT2D eigenvalue weighted by Crippen LogP contribution is 2.47. The van der Waals surface area contributed by atoms with Crippen LogP contribution in [0.1, 0.15) is 6.85 Å². The van der Waals surface area contributed by atoms with E-state index in [4.69, 9.17) is 6.85 Å². The summed E-state index contributed by atoms with van der Waals surface area (Å²) in [5.74, 6) is 0. The molecule has 0 unspecified atom stereocenters. The number of hydrogen-bond donors (Lipinski definition) is 0. The first-order valence-electron chi connectivity index (χ1n) is 15.4. The van der Waals surface area contributed by atoms with Crippen molar-refractivity contribution in [2.75, 3.05) is 4.90 Å². The van der Waals surface area contributed by atoms with Crippen LogP contribution >= 0.6 is 27.3 Å². The number of nitrogens with zero attached hydrogens (tertiary/aromatic N) is 2. The lowest BCUT2D eigenvalue weighted by Gasteiger charge is -2.25. The fourth-order valence-corrected chi connectivity index (χ4v) is 7.45. The molecule has 0 aliphatic carbocycles. The monoisotopic (exact) mass is 599 g/mol. The van der Waals surface area contributed by atoms with Gasteiger partial charge in [-0.05, 0) is 82.6 Å². The van der Waals surface area contributed by atoms with E-state index in [0.29, 0.717) is 0 Å². The molecule has 40 heavy (non-hydrogen) atoms. The van der Waals surface area contributed by atoms with Crippen molar-refractivity contribution in [3.05, 3.63) is 144 Å². The van der Waals surface area contributed by atoms with Gasteiger partial charge in [0.1, 0.15) is 0 Å². The van der Waals surface area contributed by atoms with E-state index in [-0.39, 0.29) is 29.9 Å². The molecule has 0 radical (unpaired) electrons. The maximum absolute atomic E-state index is 8.97. The second-order valence-electron chi connectivity index (χ2n) is 9.57. The van der Waals surface area contributed by atoms with E-state index >= 15 is 0 Å². The standard InChI is InChI=1S/C36H23BrN2S/c37-31-23-30-29-22-27(38(24-12-4-1-5-13-24)25-14-6-2-7-15-25)20-21-32(29)39(26-16-8-3-9-17-26)35(30)34-28-18-10-11-19-33(28)40-36(31)34/h1-23H/i3D,8D,9D,16D,17D. The predicted octanol–water partition coefficient (Wildman–Crippen LogP) is 11.4. The molecule has 0 N–H and O–H groups in total. The van der Waals surface area contributed by atoms with Crippen LogP contribution in [0.2, 0.25) is 0 Å². The molecule has 8 aromatic rings. The molecular formula is C36H23BrN2S. The average Bonchev–Trinajstić information content (AvgIpc) is 3.61. The topological polar surface area (TPSA) is 8.17 Å². The van der Waals surface area contributed by atoms with Crippen molar-refractivity contribution in [3.8, 4) is 5.69 Å². The van der Waals surface area contributed by atoms with Gasteiger partial charge in [-0.3, -0.25) is 0 Å². The fourth-order valence-electron chi connectivity index (χ4n) is 5.66. The normalized spacial score (nSPS) is 13.4. The molecule has 2 aromatic heterocycles. The fraction of sp³-hybridized carbons (Fsp3) is 0. The summed E-state index contributed by atoms with van der Waals surface area (Å²) in [4.78, 5) is 2.20. The Hall–Kier alpha value is -4.38. The Kier molecular flexibility index (Phi) is 4.41. The number of anilines is 3. The summed E-state index contributed by atoms with van der Waals surface area (Å²) in [5, 5.41) is 3.86. The van der Waals surface area contributed by atoms with E-state index in [0.717, 1.165) is 63.5 Å². The Balaban J connectivity index is 1.55. The zero-order valence-corrected chi connectivity index (χ0v) is 23.5. The van der Waals surface area contributed by atoms with Crippen molar-refractivity contribution in [2.24, 2.45) is 0 Å². The summed E-state index contributed by atoms with van der Waals surface area (Å²) >= 11 is 5.53. The Labute approximate surface area is 251 Å². The van der Waals surface area contributed by atoms with E-state index in [1.54, 1.807) is 11.3 Å². The van der Waals surface area contributed by atoms with Gasteiger partial charge < -0.3 is 9.47 Å². The van der Waals surface area contributed by atoms with Crippen LogP contribution in [0.15, 0.2) is 144 Å². The van der Waals surface area contributed by atoms with Gasteiger partial charge in [0, 0.05) is 53.5 Å². The van der Waals surface area contributed by atoms with Gasteiger partial charge in [0.05, 0.1) is 22.6 Å². The van der Waals surface area contributed by atoms with Gasteiger partial charge in [0.15, 0.2) is 0 Å². The summed E-state index contributed by atoms with van der Waals surface area (Å²) < 4.78 is 48.1. The molecule has 0 atom stereocenters. The van der Waals surface area contributed by atoms with Gasteiger partial charge in [-0.25, -0.2) is 0 Å². The average molecular weight is 601 g/mol. The van der Waals surface area contributed by atoms with E-state index in [1.807, 2.05) is 65.2 Å². The van der Waals surface area contributed by atoms with Gasteiger partial charge in [-0.1, -0.05) is 72.7 Å². The van der Waals surface area contributed by atoms with Crippen LogP contribution in [-0.4, -0.2) is 4.57 Å². The molecule has 0 fully saturated rings. The molecule has 6 aromatic carbocycles. The highest BCUT2D eigenvalue weighted by molar-refractivity contribution is 9.10. The number of rotatable bonds is 4.